The van der Waals surface area contributed by atoms with Crippen molar-refractivity contribution < 1.29 is 4.79 Å². The summed E-state index contributed by atoms with van der Waals surface area (Å²) >= 11 is 0. The number of hydrogen-bond donors (Lipinski definition) is 2. The van der Waals surface area contributed by atoms with E-state index in [1.54, 1.807) is 0 Å². The van der Waals surface area contributed by atoms with Crippen molar-refractivity contribution in [3.05, 3.63) is 119 Å². The van der Waals surface area contributed by atoms with Crippen molar-refractivity contribution in [1.82, 2.24) is 19.9 Å². The van der Waals surface area contributed by atoms with E-state index in [-0.39, 0.29) is 11.2 Å². The number of aromatic amines is 2. The average molecular weight is 565 g/mol. The quantitative estimate of drug-likeness (QED) is 0.225. The molecular formula is C38H36N4O. The zero-order chi connectivity index (χ0) is 30.1. The van der Waals surface area contributed by atoms with Crippen molar-refractivity contribution in [2.75, 3.05) is 0 Å². The predicted octanol–water partition coefficient (Wildman–Crippen LogP) is 8.95. The van der Waals surface area contributed by atoms with Gasteiger partial charge in [0.15, 0.2) is 5.78 Å². The molecule has 0 spiro atoms. The van der Waals surface area contributed by atoms with Gasteiger partial charge < -0.3 is 9.97 Å². The first-order chi connectivity index (χ1) is 20.5. The first-order valence-corrected chi connectivity index (χ1v) is 14.9. The van der Waals surface area contributed by atoms with Crippen LogP contribution in [0.2, 0.25) is 0 Å². The van der Waals surface area contributed by atoms with E-state index >= 15 is 0 Å². The van der Waals surface area contributed by atoms with E-state index in [0.29, 0.717) is 5.69 Å². The van der Waals surface area contributed by atoms with Crippen LogP contribution in [0.1, 0.15) is 66.4 Å². The van der Waals surface area contributed by atoms with Gasteiger partial charge in [-0.05, 0) is 75.2 Å². The van der Waals surface area contributed by atoms with Crippen molar-refractivity contribution in [2.45, 2.75) is 58.8 Å². The van der Waals surface area contributed by atoms with E-state index in [0.717, 1.165) is 67.8 Å². The Morgan fingerprint density at radius 2 is 1.14 bits per heavy atom. The fourth-order valence-electron chi connectivity index (χ4n) is 6.18. The second-order valence-electron chi connectivity index (χ2n) is 13.3. The number of rotatable bonds is 2. The summed E-state index contributed by atoms with van der Waals surface area (Å²) in [5, 5.41) is 0. The lowest BCUT2D eigenvalue weighted by Gasteiger charge is -2.15. The summed E-state index contributed by atoms with van der Waals surface area (Å²) in [4.78, 5) is 31.1. The fourth-order valence-corrected chi connectivity index (χ4v) is 6.18. The summed E-state index contributed by atoms with van der Waals surface area (Å²) in [6.07, 6.45) is 0.836. The van der Waals surface area contributed by atoms with Gasteiger partial charge in [-0.1, -0.05) is 73.5 Å². The van der Waals surface area contributed by atoms with E-state index < -0.39 is 5.41 Å². The summed E-state index contributed by atoms with van der Waals surface area (Å²) in [5.74, 6) is 0.00966. The maximum Gasteiger partial charge on any atom is 0.192 e. The van der Waals surface area contributed by atoms with Gasteiger partial charge in [0.2, 0.25) is 0 Å². The van der Waals surface area contributed by atoms with Crippen LogP contribution in [0.3, 0.4) is 0 Å². The number of aryl methyl sites for hydroxylation is 2. The molecule has 43 heavy (non-hydrogen) atoms. The Labute approximate surface area is 252 Å². The molecule has 5 nitrogen and oxygen atoms in total. The highest BCUT2D eigenvalue weighted by atomic mass is 16.1. The minimum absolute atomic E-state index is 0.00966. The van der Waals surface area contributed by atoms with E-state index in [2.05, 4.69) is 110 Å². The largest absolute Gasteiger partial charge is 0.355 e. The number of carbonyl (C=O) groups is 1. The predicted molar refractivity (Wildman–Crippen MR) is 175 cm³/mol. The zero-order valence-electron chi connectivity index (χ0n) is 25.6. The highest BCUT2D eigenvalue weighted by molar-refractivity contribution is 6.05. The Balaban J connectivity index is 1.57. The standard InChI is InChI=1S/C38H36N4O/c1-22-7-11-24(12-8-22)29-16-26-15-28-21-37(3,4)34(41-28)19-31-30(25-13-9-23(2)10-14-25)17-27(40-31)18-33-36(43)38(5,6)35(42-33)20-32(29)39-26/h7-20,39-40H,21H2,1-6H3. The van der Waals surface area contributed by atoms with Crippen molar-refractivity contribution in [3.63, 3.8) is 0 Å². The lowest BCUT2D eigenvalue weighted by atomic mass is 9.85. The molecule has 2 aliphatic rings. The van der Waals surface area contributed by atoms with Gasteiger partial charge in [0, 0.05) is 56.4 Å². The van der Waals surface area contributed by atoms with Gasteiger partial charge >= 0.3 is 0 Å². The van der Waals surface area contributed by atoms with Crippen LogP contribution in [0, 0.1) is 13.8 Å². The Kier molecular flexibility index (Phi) is 6.07. The Morgan fingerprint density at radius 1 is 0.628 bits per heavy atom. The topological polar surface area (TPSA) is 74.4 Å². The molecule has 0 aliphatic carbocycles. The van der Waals surface area contributed by atoms with Crippen LogP contribution in [0.4, 0.5) is 0 Å². The number of nitrogens with one attached hydrogen (secondary N) is 2. The Bertz CT molecular complexity index is 2070. The number of aromatic nitrogens is 4. The lowest BCUT2D eigenvalue weighted by Crippen LogP contribution is -2.23. The van der Waals surface area contributed by atoms with E-state index in [1.807, 2.05) is 26.0 Å². The molecule has 0 saturated heterocycles. The number of hydrogen-bond acceptors (Lipinski definition) is 3. The van der Waals surface area contributed by atoms with Crippen LogP contribution < -0.4 is 0 Å². The molecule has 8 bridgehead atoms. The van der Waals surface area contributed by atoms with Gasteiger partial charge in [-0.2, -0.15) is 0 Å². The third-order valence-electron chi connectivity index (χ3n) is 8.90. The van der Waals surface area contributed by atoms with Crippen LogP contribution in [-0.2, 0) is 17.3 Å². The van der Waals surface area contributed by atoms with Gasteiger partial charge in [-0.25, -0.2) is 4.98 Å². The molecule has 0 amide bonds. The van der Waals surface area contributed by atoms with Crippen LogP contribution in [0.5, 0.6) is 0 Å². The normalized spacial score (nSPS) is 15.5. The van der Waals surface area contributed by atoms with Crippen LogP contribution in [0.25, 0.3) is 44.3 Å². The second-order valence-corrected chi connectivity index (χ2v) is 13.3. The minimum atomic E-state index is -0.760. The summed E-state index contributed by atoms with van der Waals surface area (Å²) < 4.78 is 0. The van der Waals surface area contributed by atoms with E-state index in [9.17, 15) is 4.79 Å². The van der Waals surface area contributed by atoms with Gasteiger partial charge in [0.1, 0.15) is 5.69 Å². The van der Waals surface area contributed by atoms with E-state index in [1.165, 1.54) is 11.1 Å². The van der Waals surface area contributed by atoms with Crippen LogP contribution in [0.15, 0.2) is 84.9 Å². The number of Topliss-reactive ketones (excluding diaryl/α,β-unsaturated/α-hetero) is 1. The van der Waals surface area contributed by atoms with Crippen molar-refractivity contribution in [3.8, 4) is 22.3 Å². The maximum atomic E-state index is 13.7. The fraction of sp³-hybridized carbons (Fsp3) is 0.237. The van der Waals surface area contributed by atoms with Gasteiger partial charge in [0.05, 0.1) is 11.1 Å². The van der Waals surface area contributed by atoms with Crippen LogP contribution in [-0.4, -0.2) is 25.7 Å². The van der Waals surface area contributed by atoms with Crippen molar-refractivity contribution in [1.29, 1.82) is 0 Å². The number of H-pyrrole nitrogens is 2. The Hall–Kier alpha value is -4.77. The average Bonchev–Trinajstić information content (AvgIpc) is 3.66. The first kappa shape index (κ1) is 27.1. The van der Waals surface area contributed by atoms with Crippen LogP contribution >= 0.6 is 0 Å². The molecule has 2 N–H and O–H groups in total. The number of carbonyl (C=O) groups excluding carboxylic acids is 1. The molecule has 5 aromatic rings. The molecule has 3 aromatic heterocycles. The van der Waals surface area contributed by atoms with E-state index in [4.69, 9.17) is 9.97 Å². The molecule has 7 rings (SSSR count). The smallest absolute Gasteiger partial charge is 0.192 e. The summed E-state index contributed by atoms with van der Waals surface area (Å²) in [6.45, 7) is 12.6. The SMILES string of the molecule is Cc1ccc(-c2cc3cc4nc(cc5[nH]c(cc6nc(cc2[nH]3)C(C)(C)C6)cc5-c2ccc(C)cc2)C(C)(C)C4=O)cc1. The third-order valence-corrected chi connectivity index (χ3v) is 8.90. The molecule has 214 valence electrons. The lowest BCUT2D eigenvalue weighted by molar-refractivity contribution is 0.0919. The molecule has 5 heteroatoms. The highest BCUT2D eigenvalue weighted by Crippen LogP contribution is 2.36. The van der Waals surface area contributed by atoms with Gasteiger partial charge in [-0.15, -0.1) is 0 Å². The van der Waals surface area contributed by atoms with Gasteiger partial charge in [0.25, 0.3) is 0 Å². The number of fused-ring (bicyclic) bond motifs is 8. The molecule has 5 heterocycles. The molecule has 0 unspecified atom stereocenters. The van der Waals surface area contributed by atoms with Gasteiger partial charge in [-0.3, -0.25) is 9.78 Å². The molecule has 0 atom stereocenters. The summed E-state index contributed by atoms with van der Waals surface area (Å²) in [5.41, 5.74) is 12.9. The first-order valence-electron chi connectivity index (χ1n) is 14.9. The molecule has 0 radical (unpaired) electrons. The molecule has 0 fully saturated rings. The zero-order valence-corrected chi connectivity index (χ0v) is 25.6. The van der Waals surface area contributed by atoms with Crippen molar-refractivity contribution >= 4 is 27.9 Å². The highest BCUT2D eigenvalue weighted by Gasteiger charge is 2.38. The number of nitrogens with zero attached hydrogens (tertiary/aromatic N) is 2. The minimum Gasteiger partial charge on any atom is -0.355 e. The number of benzene rings is 2. The summed E-state index contributed by atoms with van der Waals surface area (Å²) in [7, 11) is 0. The molecular weight excluding hydrogens is 528 g/mol. The molecule has 2 aliphatic heterocycles. The monoisotopic (exact) mass is 564 g/mol. The van der Waals surface area contributed by atoms with Crippen molar-refractivity contribution in [2.24, 2.45) is 0 Å². The molecule has 0 saturated carbocycles. The Morgan fingerprint density at radius 3 is 1.70 bits per heavy atom. The maximum absolute atomic E-state index is 13.7. The summed E-state index contributed by atoms with van der Waals surface area (Å²) in [6, 6.07) is 29.6. The number of ketones is 1. The molecule has 2 aromatic carbocycles. The second kappa shape index (κ2) is 9.63. The third kappa shape index (κ3) is 4.79.